The summed E-state index contributed by atoms with van der Waals surface area (Å²) >= 11 is 0. The Morgan fingerprint density at radius 2 is 2.00 bits per heavy atom. The molecule has 1 saturated heterocycles. The predicted octanol–water partition coefficient (Wildman–Crippen LogP) is 1.90. The van der Waals surface area contributed by atoms with Crippen LogP contribution in [0.5, 0.6) is 11.5 Å². The molecule has 1 aliphatic heterocycles. The van der Waals surface area contributed by atoms with Crippen molar-refractivity contribution in [2.24, 2.45) is 0 Å². The maximum Gasteiger partial charge on any atom is 0.251 e. The third-order valence-electron chi connectivity index (χ3n) is 4.66. The summed E-state index contributed by atoms with van der Waals surface area (Å²) in [6.07, 6.45) is 3.60. The maximum atomic E-state index is 12.7. The lowest BCUT2D eigenvalue weighted by atomic mass is 10.1. The highest BCUT2D eigenvalue weighted by atomic mass is 16.5. The molecule has 7 heteroatoms. The Labute approximate surface area is 159 Å². The first-order valence-corrected chi connectivity index (χ1v) is 8.95. The van der Waals surface area contributed by atoms with Crippen LogP contribution in [-0.2, 0) is 4.74 Å². The Morgan fingerprint density at radius 3 is 2.67 bits per heavy atom. The molecule has 0 radical (unpaired) electrons. The Balaban J connectivity index is 1.72. The van der Waals surface area contributed by atoms with Gasteiger partial charge >= 0.3 is 0 Å². The molecule has 0 aliphatic carbocycles. The highest BCUT2D eigenvalue weighted by Gasteiger charge is 2.23. The van der Waals surface area contributed by atoms with E-state index in [1.54, 1.807) is 38.6 Å². The molecule has 1 aliphatic rings. The first-order chi connectivity index (χ1) is 13.2. The number of pyridine rings is 1. The van der Waals surface area contributed by atoms with Gasteiger partial charge in [0, 0.05) is 37.6 Å². The lowest BCUT2D eigenvalue weighted by molar-refractivity contribution is 0.0161. The molecule has 2 heterocycles. The van der Waals surface area contributed by atoms with Crippen molar-refractivity contribution < 1.29 is 19.0 Å². The zero-order chi connectivity index (χ0) is 19.1. The van der Waals surface area contributed by atoms with Crippen molar-refractivity contribution in [3.63, 3.8) is 0 Å². The summed E-state index contributed by atoms with van der Waals surface area (Å²) in [4.78, 5) is 19.2. The minimum atomic E-state index is -0.155. The van der Waals surface area contributed by atoms with Gasteiger partial charge in [0.05, 0.1) is 33.5 Å². The van der Waals surface area contributed by atoms with Gasteiger partial charge in [0.15, 0.2) is 11.5 Å². The number of nitrogens with zero attached hydrogens (tertiary/aromatic N) is 2. The monoisotopic (exact) mass is 371 g/mol. The fraction of sp³-hybridized carbons (Fsp3) is 0.400. The molecule has 0 saturated carbocycles. The molecule has 1 aromatic carbocycles. The lowest BCUT2D eigenvalue weighted by Crippen LogP contribution is -2.43. The molecule has 0 bridgehead atoms. The van der Waals surface area contributed by atoms with E-state index in [9.17, 15) is 4.79 Å². The first-order valence-electron chi connectivity index (χ1n) is 8.95. The minimum absolute atomic E-state index is 0.0479. The van der Waals surface area contributed by atoms with E-state index in [1.807, 2.05) is 18.3 Å². The van der Waals surface area contributed by atoms with Gasteiger partial charge in [0.1, 0.15) is 0 Å². The second-order valence-electron chi connectivity index (χ2n) is 6.23. The van der Waals surface area contributed by atoms with Crippen LogP contribution in [-0.4, -0.2) is 62.9 Å². The Kier molecular flexibility index (Phi) is 6.62. The Bertz CT molecular complexity index is 748. The van der Waals surface area contributed by atoms with Crippen molar-refractivity contribution >= 4 is 5.91 Å². The number of rotatable bonds is 7. The van der Waals surface area contributed by atoms with Gasteiger partial charge in [-0.15, -0.1) is 0 Å². The smallest absolute Gasteiger partial charge is 0.251 e. The number of hydrogen-bond acceptors (Lipinski definition) is 6. The second kappa shape index (κ2) is 9.34. The molecule has 27 heavy (non-hydrogen) atoms. The lowest BCUT2D eigenvalue weighted by Gasteiger charge is -2.34. The molecular weight excluding hydrogens is 346 g/mol. The van der Waals surface area contributed by atoms with E-state index >= 15 is 0 Å². The van der Waals surface area contributed by atoms with Crippen LogP contribution in [0.3, 0.4) is 0 Å². The molecule has 144 valence electrons. The third kappa shape index (κ3) is 4.75. The summed E-state index contributed by atoms with van der Waals surface area (Å²) in [5.41, 5.74) is 1.60. The molecule has 0 spiro atoms. The van der Waals surface area contributed by atoms with Crippen molar-refractivity contribution in [3.05, 3.63) is 53.9 Å². The van der Waals surface area contributed by atoms with Gasteiger partial charge < -0.3 is 19.5 Å². The van der Waals surface area contributed by atoms with Crippen LogP contribution in [0.25, 0.3) is 0 Å². The van der Waals surface area contributed by atoms with Crippen LogP contribution in [0.4, 0.5) is 0 Å². The molecular formula is C20H25N3O4. The van der Waals surface area contributed by atoms with Gasteiger partial charge in [0.2, 0.25) is 0 Å². The molecule has 2 aromatic rings. The average Bonchev–Trinajstić information content (AvgIpc) is 2.74. The molecule has 1 aromatic heterocycles. The number of methoxy groups -OCH3 is 2. The van der Waals surface area contributed by atoms with Gasteiger partial charge in [-0.3, -0.25) is 14.7 Å². The molecule has 1 fully saturated rings. The summed E-state index contributed by atoms with van der Waals surface area (Å²) in [5.74, 6) is 0.968. The molecule has 1 N–H and O–H groups in total. The Morgan fingerprint density at radius 1 is 1.22 bits per heavy atom. The van der Waals surface area contributed by atoms with Crippen molar-refractivity contribution in [2.45, 2.75) is 6.04 Å². The number of benzene rings is 1. The zero-order valence-corrected chi connectivity index (χ0v) is 15.7. The second-order valence-corrected chi connectivity index (χ2v) is 6.23. The highest BCUT2D eigenvalue weighted by Crippen LogP contribution is 2.27. The molecule has 0 unspecified atom stereocenters. The summed E-state index contributed by atoms with van der Waals surface area (Å²) in [6, 6.07) is 9.14. The van der Waals surface area contributed by atoms with E-state index in [0.717, 1.165) is 18.7 Å². The van der Waals surface area contributed by atoms with Crippen LogP contribution >= 0.6 is 0 Å². The number of morpholine rings is 1. The number of hydrogen-bond donors (Lipinski definition) is 1. The fourth-order valence-electron chi connectivity index (χ4n) is 3.19. The van der Waals surface area contributed by atoms with Crippen LogP contribution in [0.15, 0.2) is 42.7 Å². The number of carbonyl (C=O) groups excluding carboxylic acids is 1. The summed E-state index contributed by atoms with van der Waals surface area (Å²) < 4.78 is 16.0. The molecule has 1 amide bonds. The van der Waals surface area contributed by atoms with E-state index in [2.05, 4.69) is 15.2 Å². The van der Waals surface area contributed by atoms with E-state index in [0.29, 0.717) is 36.8 Å². The number of nitrogens with one attached hydrogen (secondary N) is 1. The van der Waals surface area contributed by atoms with Crippen LogP contribution < -0.4 is 14.8 Å². The van der Waals surface area contributed by atoms with E-state index in [4.69, 9.17) is 14.2 Å². The first kappa shape index (κ1) is 19.1. The van der Waals surface area contributed by atoms with Gasteiger partial charge in [0.25, 0.3) is 5.91 Å². The normalized spacial score (nSPS) is 15.8. The minimum Gasteiger partial charge on any atom is -0.493 e. The van der Waals surface area contributed by atoms with Crippen molar-refractivity contribution in [3.8, 4) is 11.5 Å². The molecule has 3 rings (SSSR count). The largest absolute Gasteiger partial charge is 0.493 e. The fourth-order valence-corrected chi connectivity index (χ4v) is 3.19. The number of ether oxygens (including phenoxy) is 3. The SMILES string of the molecule is COc1ccc(C(=O)NC[C@@H](c2cccnc2)N2CCOCC2)cc1OC. The highest BCUT2D eigenvalue weighted by molar-refractivity contribution is 5.94. The van der Waals surface area contributed by atoms with Gasteiger partial charge in [-0.2, -0.15) is 0 Å². The summed E-state index contributed by atoms with van der Waals surface area (Å²) in [7, 11) is 3.12. The van der Waals surface area contributed by atoms with Gasteiger partial charge in [-0.05, 0) is 29.8 Å². The summed E-state index contributed by atoms with van der Waals surface area (Å²) in [5, 5.41) is 3.04. The number of aromatic nitrogens is 1. The maximum absolute atomic E-state index is 12.7. The summed E-state index contributed by atoms with van der Waals surface area (Å²) in [6.45, 7) is 3.53. The predicted molar refractivity (Wildman–Crippen MR) is 101 cm³/mol. The van der Waals surface area contributed by atoms with Crippen molar-refractivity contribution in [1.29, 1.82) is 0 Å². The van der Waals surface area contributed by atoms with Crippen LogP contribution in [0, 0.1) is 0 Å². The Hall–Kier alpha value is -2.64. The molecule has 7 nitrogen and oxygen atoms in total. The van der Waals surface area contributed by atoms with E-state index in [1.165, 1.54) is 0 Å². The third-order valence-corrected chi connectivity index (χ3v) is 4.66. The van der Waals surface area contributed by atoms with Crippen molar-refractivity contribution in [2.75, 3.05) is 47.1 Å². The zero-order valence-electron chi connectivity index (χ0n) is 15.7. The van der Waals surface area contributed by atoms with Crippen LogP contribution in [0.2, 0.25) is 0 Å². The van der Waals surface area contributed by atoms with Gasteiger partial charge in [-0.25, -0.2) is 0 Å². The quantitative estimate of drug-likeness (QED) is 0.802. The average molecular weight is 371 g/mol. The molecule has 1 atom stereocenters. The van der Waals surface area contributed by atoms with E-state index in [-0.39, 0.29) is 11.9 Å². The van der Waals surface area contributed by atoms with Gasteiger partial charge in [-0.1, -0.05) is 6.07 Å². The van der Waals surface area contributed by atoms with E-state index < -0.39 is 0 Å². The topological polar surface area (TPSA) is 72.9 Å². The number of carbonyl (C=O) groups is 1. The van der Waals surface area contributed by atoms with Crippen LogP contribution in [0.1, 0.15) is 22.0 Å². The number of amides is 1. The standard InChI is InChI=1S/C20H25N3O4/c1-25-18-6-5-15(12-19(18)26-2)20(24)22-14-17(16-4-3-7-21-13-16)23-8-10-27-11-9-23/h3-7,12-13,17H,8-11,14H2,1-2H3,(H,22,24)/t17-/m0/s1. The van der Waals surface area contributed by atoms with Crippen molar-refractivity contribution in [1.82, 2.24) is 15.2 Å².